The van der Waals surface area contributed by atoms with Crippen LogP contribution in [-0.2, 0) is 14.8 Å². The number of sulfonamides is 1. The van der Waals surface area contributed by atoms with E-state index < -0.39 is 48.7 Å². The number of carboxylic acids is 1. The Balaban J connectivity index is 1.50. The quantitative estimate of drug-likeness (QED) is 0.601. The number of halogens is 1. The summed E-state index contributed by atoms with van der Waals surface area (Å²) in [6.45, 7) is 4.86. The summed E-state index contributed by atoms with van der Waals surface area (Å²) in [4.78, 5) is 28.8. The molecule has 2 heterocycles. The Hall–Kier alpha value is -3.02. The van der Waals surface area contributed by atoms with E-state index in [4.69, 9.17) is 4.74 Å². The van der Waals surface area contributed by atoms with Gasteiger partial charge in [0.15, 0.2) is 5.54 Å². The van der Waals surface area contributed by atoms with Gasteiger partial charge in [-0.05, 0) is 29.3 Å². The minimum absolute atomic E-state index is 0.133. The number of ether oxygens (including phenoxy) is 1. The first-order valence-electron chi connectivity index (χ1n) is 11.5. The van der Waals surface area contributed by atoms with E-state index in [1.54, 1.807) is 24.3 Å². The number of hydrogen-bond donors (Lipinski definition) is 1. The summed E-state index contributed by atoms with van der Waals surface area (Å²) in [6, 6.07) is 12.0. The van der Waals surface area contributed by atoms with Crippen LogP contribution in [0.1, 0.15) is 28.8 Å². The van der Waals surface area contributed by atoms with Crippen LogP contribution in [0.2, 0.25) is 0 Å². The zero-order valence-electron chi connectivity index (χ0n) is 19.1. The lowest BCUT2D eigenvalue weighted by Crippen LogP contribution is -2.49. The molecule has 5 rings (SSSR count). The molecule has 3 aliphatic rings. The van der Waals surface area contributed by atoms with Gasteiger partial charge in [-0.2, -0.15) is 0 Å². The number of carbonyl (C=O) groups is 2. The molecule has 2 aliphatic heterocycles. The SMILES string of the molecule is CCN1CCN(C(=O)c2ccccc2S(=O)(=O)N(F)C2(C(=O)O)C3COc4ccccc4C32)CC1. The number of aliphatic carboxylic acids is 1. The minimum Gasteiger partial charge on any atom is -0.493 e. The maximum absolute atomic E-state index is 16.0. The van der Waals surface area contributed by atoms with E-state index in [2.05, 4.69) is 4.90 Å². The lowest BCUT2D eigenvalue weighted by molar-refractivity contribution is -0.149. The van der Waals surface area contributed by atoms with Crippen molar-refractivity contribution in [2.45, 2.75) is 23.3 Å². The molecule has 1 saturated carbocycles. The van der Waals surface area contributed by atoms with E-state index in [0.717, 1.165) is 12.6 Å². The van der Waals surface area contributed by atoms with Crippen molar-refractivity contribution in [3.05, 3.63) is 59.7 Å². The number of carboxylic acid groups (broad SMARTS) is 1. The number of benzene rings is 2. The molecule has 11 heteroatoms. The summed E-state index contributed by atoms with van der Waals surface area (Å²) in [5.41, 5.74) is -2.09. The average molecular weight is 504 g/mol. The van der Waals surface area contributed by atoms with Gasteiger partial charge in [0.1, 0.15) is 5.75 Å². The van der Waals surface area contributed by atoms with Crippen LogP contribution in [0, 0.1) is 5.92 Å². The van der Waals surface area contributed by atoms with Crippen molar-refractivity contribution >= 4 is 21.9 Å². The van der Waals surface area contributed by atoms with Gasteiger partial charge >= 0.3 is 5.97 Å². The van der Waals surface area contributed by atoms with E-state index in [-0.39, 0.29) is 12.2 Å². The molecule has 2 aromatic carbocycles. The molecule has 1 amide bonds. The van der Waals surface area contributed by atoms with Gasteiger partial charge < -0.3 is 19.6 Å². The summed E-state index contributed by atoms with van der Waals surface area (Å²) in [5.74, 6) is -3.53. The predicted molar refractivity (Wildman–Crippen MR) is 123 cm³/mol. The van der Waals surface area contributed by atoms with Gasteiger partial charge in [0.2, 0.25) is 0 Å². The molecule has 0 radical (unpaired) electrons. The van der Waals surface area contributed by atoms with Gasteiger partial charge in [-0.15, -0.1) is 4.48 Å². The first-order valence-corrected chi connectivity index (χ1v) is 13.0. The topological polar surface area (TPSA) is 107 Å². The molecule has 2 fully saturated rings. The number of carbonyl (C=O) groups excluding carboxylic acids is 1. The molecule has 1 aliphatic carbocycles. The third-order valence-corrected chi connectivity index (χ3v) is 8.99. The second kappa shape index (κ2) is 8.58. The highest BCUT2D eigenvalue weighted by Crippen LogP contribution is 2.66. The van der Waals surface area contributed by atoms with Gasteiger partial charge in [0.25, 0.3) is 15.9 Å². The fraction of sp³-hybridized carbons (Fsp3) is 0.417. The van der Waals surface area contributed by atoms with Gasteiger partial charge in [-0.1, -0.05) is 37.3 Å². The molecule has 2 aromatic rings. The number of likely N-dealkylation sites (N-methyl/N-ethyl adjacent to an activating group) is 1. The molecule has 1 saturated heterocycles. The van der Waals surface area contributed by atoms with E-state index >= 15 is 4.48 Å². The number of nitrogens with zero attached hydrogens (tertiary/aromatic N) is 3. The molecule has 0 spiro atoms. The van der Waals surface area contributed by atoms with E-state index in [1.165, 1.54) is 23.1 Å². The number of amides is 1. The van der Waals surface area contributed by atoms with Crippen LogP contribution in [0.5, 0.6) is 5.75 Å². The Morgan fingerprint density at radius 2 is 1.77 bits per heavy atom. The molecule has 35 heavy (non-hydrogen) atoms. The summed E-state index contributed by atoms with van der Waals surface area (Å²) in [7, 11) is -5.00. The lowest BCUT2D eigenvalue weighted by Gasteiger charge is -2.34. The maximum atomic E-state index is 16.0. The first-order chi connectivity index (χ1) is 16.7. The monoisotopic (exact) mass is 503 g/mol. The van der Waals surface area contributed by atoms with Crippen molar-refractivity contribution in [1.29, 1.82) is 0 Å². The normalized spacial score (nSPS) is 26.0. The second-order valence-corrected chi connectivity index (χ2v) is 10.7. The Kier molecular flexibility index (Phi) is 5.81. The van der Waals surface area contributed by atoms with Gasteiger partial charge in [0.05, 0.1) is 17.1 Å². The van der Waals surface area contributed by atoms with E-state index in [1.807, 2.05) is 6.92 Å². The van der Waals surface area contributed by atoms with E-state index in [9.17, 15) is 23.1 Å². The molecule has 0 bridgehead atoms. The summed E-state index contributed by atoms with van der Waals surface area (Å²) in [5, 5.41) is 10.1. The van der Waals surface area contributed by atoms with Crippen molar-refractivity contribution in [3.8, 4) is 5.75 Å². The number of fused-ring (bicyclic) bond motifs is 3. The van der Waals surface area contributed by atoms with Crippen LogP contribution in [0.25, 0.3) is 0 Å². The van der Waals surface area contributed by atoms with Crippen molar-refractivity contribution in [1.82, 2.24) is 14.3 Å². The third kappa shape index (κ3) is 3.52. The van der Waals surface area contributed by atoms with Crippen molar-refractivity contribution < 1.29 is 32.3 Å². The first kappa shape index (κ1) is 23.7. The smallest absolute Gasteiger partial charge is 0.329 e. The summed E-state index contributed by atoms with van der Waals surface area (Å²) >= 11 is 0. The van der Waals surface area contributed by atoms with Gasteiger partial charge in [-0.3, -0.25) is 9.59 Å². The highest BCUT2D eigenvalue weighted by Gasteiger charge is 2.79. The maximum Gasteiger partial charge on any atom is 0.329 e. The molecule has 3 unspecified atom stereocenters. The molecule has 9 nitrogen and oxygen atoms in total. The van der Waals surface area contributed by atoms with Crippen LogP contribution in [0.4, 0.5) is 4.48 Å². The Morgan fingerprint density at radius 1 is 1.11 bits per heavy atom. The van der Waals surface area contributed by atoms with Crippen LogP contribution < -0.4 is 4.74 Å². The Morgan fingerprint density at radius 3 is 2.46 bits per heavy atom. The fourth-order valence-corrected chi connectivity index (χ4v) is 6.95. The van der Waals surface area contributed by atoms with Crippen molar-refractivity contribution in [2.75, 3.05) is 39.3 Å². The van der Waals surface area contributed by atoms with Gasteiger partial charge in [0, 0.05) is 43.6 Å². The number of rotatable bonds is 6. The lowest BCUT2D eigenvalue weighted by atomic mass is 10.0. The second-order valence-electron chi connectivity index (χ2n) is 9.01. The molecule has 3 atom stereocenters. The largest absolute Gasteiger partial charge is 0.493 e. The number of para-hydroxylation sites is 1. The standard InChI is InChI=1S/C24H26FN3O6S/c1-2-26-11-13-27(14-12-26)22(29)17-8-4-6-10-20(17)35(32,33)28(25)24(23(30)31)18-15-34-19-9-5-3-7-16(19)21(18)24/h3-10,18,21H,2,11-15H2,1H3,(H,30,31). The van der Waals surface area contributed by atoms with Crippen LogP contribution in [0.15, 0.2) is 53.4 Å². The van der Waals surface area contributed by atoms with E-state index in [0.29, 0.717) is 37.5 Å². The predicted octanol–water partition coefficient (Wildman–Crippen LogP) is 1.97. The summed E-state index contributed by atoms with van der Waals surface area (Å²) in [6.07, 6.45) is 0. The highest BCUT2D eigenvalue weighted by atomic mass is 32.2. The third-order valence-electron chi connectivity index (χ3n) is 7.35. The van der Waals surface area contributed by atoms with Crippen molar-refractivity contribution in [3.63, 3.8) is 0 Å². The fourth-order valence-electron chi connectivity index (χ4n) is 5.37. The molecule has 1 N–H and O–H groups in total. The zero-order valence-corrected chi connectivity index (χ0v) is 19.9. The van der Waals surface area contributed by atoms with Gasteiger partial charge in [-0.25, -0.2) is 8.42 Å². The van der Waals surface area contributed by atoms with Crippen molar-refractivity contribution in [2.24, 2.45) is 5.92 Å². The van der Waals surface area contributed by atoms with Crippen LogP contribution in [0.3, 0.4) is 0 Å². The van der Waals surface area contributed by atoms with Crippen LogP contribution in [-0.4, -0.2) is 84.6 Å². The Labute approximate surface area is 202 Å². The molecular formula is C24H26FN3O6S. The summed E-state index contributed by atoms with van der Waals surface area (Å²) < 4.78 is 48.2. The number of hydrogen-bond acceptors (Lipinski definition) is 6. The number of piperazine rings is 1. The minimum atomic E-state index is -5.00. The molecule has 0 aromatic heterocycles. The van der Waals surface area contributed by atoms with Crippen LogP contribution >= 0.6 is 0 Å². The molecular weight excluding hydrogens is 477 g/mol. The Bertz CT molecular complexity index is 1280. The molecule has 186 valence electrons. The highest BCUT2D eigenvalue weighted by molar-refractivity contribution is 7.89. The zero-order chi connectivity index (χ0) is 25.0. The average Bonchev–Trinajstić information content (AvgIpc) is 3.58.